The van der Waals surface area contributed by atoms with Crippen LogP contribution >= 0.6 is 11.6 Å². The maximum absolute atomic E-state index is 14.8. The summed E-state index contributed by atoms with van der Waals surface area (Å²) < 4.78 is 57.3. The number of hydrogen-bond donors (Lipinski definition) is 3. The largest absolute Gasteiger partial charge is 0.490 e. The van der Waals surface area contributed by atoms with Gasteiger partial charge in [0.05, 0.1) is 35.0 Å². The van der Waals surface area contributed by atoms with Crippen molar-refractivity contribution in [3.8, 4) is 0 Å². The quantitative estimate of drug-likeness (QED) is 0.527. The Morgan fingerprint density at radius 1 is 1.41 bits per heavy atom. The lowest BCUT2D eigenvalue weighted by Gasteiger charge is -2.45. The molecule has 9 nitrogen and oxygen atoms in total. The van der Waals surface area contributed by atoms with Gasteiger partial charge in [-0.1, -0.05) is 11.6 Å². The van der Waals surface area contributed by atoms with Crippen LogP contribution in [-0.2, 0) is 24.7 Å². The molecule has 0 aromatic heterocycles. The van der Waals surface area contributed by atoms with Crippen molar-refractivity contribution in [2.24, 2.45) is 5.73 Å². The third-order valence-electron chi connectivity index (χ3n) is 5.39. The van der Waals surface area contributed by atoms with E-state index < -0.39 is 35.7 Å². The number of carboxylic acid groups (broad SMARTS) is 1. The van der Waals surface area contributed by atoms with Crippen molar-refractivity contribution in [1.29, 1.82) is 0 Å². The van der Waals surface area contributed by atoms with E-state index in [-0.39, 0.29) is 29.1 Å². The lowest BCUT2D eigenvalue weighted by molar-refractivity contribution is -0.192. The summed E-state index contributed by atoms with van der Waals surface area (Å²) in [6.07, 6.45) is -4.65. The van der Waals surface area contributed by atoms with Crippen LogP contribution in [0.1, 0.15) is 31.7 Å². The summed E-state index contributed by atoms with van der Waals surface area (Å²) in [6, 6.07) is 2.16. The van der Waals surface area contributed by atoms with Gasteiger partial charge in [0.2, 0.25) is 5.91 Å². The molecule has 34 heavy (non-hydrogen) atoms. The van der Waals surface area contributed by atoms with E-state index in [2.05, 4.69) is 5.32 Å². The lowest BCUT2D eigenvalue weighted by Crippen LogP contribution is -2.56. The van der Waals surface area contributed by atoms with Crippen LogP contribution in [0.3, 0.4) is 0 Å². The number of likely N-dealkylation sites (tertiary alicyclic amines) is 1. The number of fused-ring (bicyclic) bond motifs is 2. The number of amides is 2. The first-order valence-corrected chi connectivity index (χ1v) is 10.5. The number of nitrogens with zero attached hydrogens (tertiary/aromatic N) is 1. The molecule has 190 valence electrons. The molecule has 1 spiro atoms. The number of anilines is 1. The predicted octanol–water partition coefficient (Wildman–Crippen LogP) is 3.24. The topological polar surface area (TPSA) is 131 Å². The van der Waals surface area contributed by atoms with E-state index in [1.54, 1.807) is 7.11 Å². The Kier molecular flexibility index (Phi) is 8.72. The SMILES string of the molecule is CO[C@@H](C)C[C@H](N)C(=O)N1CCC[C@@]2(C1)OC(=O)Nc1ccc(Cl)c(F)c12.O=C(O)C(F)(F)F. The Morgan fingerprint density at radius 3 is 2.59 bits per heavy atom. The number of piperidine rings is 1. The third kappa shape index (κ3) is 6.27. The fraction of sp³-hybridized carbons (Fsp3) is 0.550. The number of aliphatic carboxylic acids is 1. The number of benzene rings is 1. The molecule has 3 atom stereocenters. The van der Waals surface area contributed by atoms with Crippen LogP contribution in [0.4, 0.5) is 28.0 Å². The zero-order valence-corrected chi connectivity index (χ0v) is 19.0. The highest BCUT2D eigenvalue weighted by molar-refractivity contribution is 6.31. The predicted molar refractivity (Wildman–Crippen MR) is 112 cm³/mol. The first-order valence-electron chi connectivity index (χ1n) is 10.1. The number of carbonyl (C=O) groups excluding carboxylic acids is 2. The van der Waals surface area contributed by atoms with Crippen LogP contribution in [0, 0.1) is 5.82 Å². The summed E-state index contributed by atoms with van der Waals surface area (Å²) in [4.78, 5) is 35.3. The van der Waals surface area contributed by atoms with Crippen LogP contribution in [0.5, 0.6) is 0 Å². The monoisotopic (exact) mass is 513 g/mol. The molecule has 2 aliphatic heterocycles. The van der Waals surface area contributed by atoms with Gasteiger partial charge in [-0.3, -0.25) is 10.1 Å². The molecule has 0 saturated carbocycles. The van der Waals surface area contributed by atoms with Crippen molar-refractivity contribution < 1.29 is 46.5 Å². The summed E-state index contributed by atoms with van der Waals surface area (Å²) >= 11 is 5.95. The zero-order valence-electron chi connectivity index (χ0n) is 18.2. The molecule has 4 N–H and O–H groups in total. The van der Waals surface area contributed by atoms with E-state index in [1.165, 1.54) is 17.0 Å². The van der Waals surface area contributed by atoms with Crippen molar-refractivity contribution in [3.63, 3.8) is 0 Å². The van der Waals surface area contributed by atoms with Crippen LogP contribution < -0.4 is 11.1 Å². The maximum atomic E-state index is 14.8. The third-order valence-corrected chi connectivity index (χ3v) is 5.68. The summed E-state index contributed by atoms with van der Waals surface area (Å²) in [6.45, 7) is 2.31. The van der Waals surface area contributed by atoms with Crippen molar-refractivity contribution >= 4 is 35.3 Å². The first kappa shape index (κ1) is 27.6. The number of nitrogens with two attached hydrogens (primary N) is 1. The van der Waals surface area contributed by atoms with Crippen LogP contribution in [-0.4, -0.2) is 66.5 Å². The van der Waals surface area contributed by atoms with Crippen molar-refractivity contribution in [3.05, 3.63) is 28.5 Å². The highest BCUT2D eigenvalue weighted by atomic mass is 35.5. The standard InChI is InChI=1S/C18H23ClFN3O4.C2HF3O2/c1-10(26-2)8-12(21)16(24)23-7-3-6-18(9-23)14-13(22-17(25)27-18)5-4-11(19)15(14)20;3-2(4,5)1(6)7/h4-5,10,12H,3,6-9,21H2,1-2H3,(H,22,25);(H,6,7)/t10-,12-,18-;/m0./s1. The summed E-state index contributed by atoms with van der Waals surface area (Å²) in [5.41, 5.74) is 5.22. The molecule has 2 heterocycles. The van der Waals surface area contributed by atoms with E-state index in [0.29, 0.717) is 31.5 Å². The normalized spacial score (nSPS) is 21.4. The fourth-order valence-corrected chi connectivity index (χ4v) is 3.91. The number of ether oxygens (including phenoxy) is 2. The molecule has 1 aromatic rings. The minimum absolute atomic E-state index is 0.0264. The summed E-state index contributed by atoms with van der Waals surface area (Å²) in [5, 5.41) is 9.55. The van der Waals surface area contributed by atoms with Gasteiger partial charge in [0.15, 0.2) is 11.4 Å². The Morgan fingerprint density at radius 2 is 2.03 bits per heavy atom. The Balaban J connectivity index is 0.000000509. The number of carboxylic acids is 1. The summed E-state index contributed by atoms with van der Waals surface area (Å²) in [5.74, 6) is -3.69. The molecule has 1 saturated heterocycles. The second-order valence-corrected chi connectivity index (χ2v) is 8.25. The minimum atomic E-state index is -5.08. The number of rotatable bonds is 4. The average Bonchev–Trinajstić information content (AvgIpc) is 2.75. The molecule has 0 radical (unpaired) electrons. The van der Waals surface area contributed by atoms with Gasteiger partial charge in [0.25, 0.3) is 0 Å². The van der Waals surface area contributed by atoms with E-state index in [4.69, 9.17) is 36.7 Å². The van der Waals surface area contributed by atoms with Gasteiger partial charge in [0, 0.05) is 13.7 Å². The molecule has 0 aliphatic carbocycles. The Bertz CT molecular complexity index is 948. The van der Waals surface area contributed by atoms with Crippen molar-refractivity contribution in [1.82, 2.24) is 4.90 Å². The van der Waals surface area contributed by atoms with Crippen molar-refractivity contribution in [2.45, 2.75) is 50.1 Å². The Hall–Kier alpha value is -2.64. The van der Waals surface area contributed by atoms with Crippen molar-refractivity contribution in [2.75, 3.05) is 25.5 Å². The Labute approximate surface area is 197 Å². The number of carbonyl (C=O) groups is 3. The number of alkyl halides is 3. The van der Waals surface area contributed by atoms with Gasteiger partial charge >= 0.3 is 18.2 Å². The molecular weight excluding hydrogens is 490 g/mol. The average molecular weight is 514 g/mol. The van der Waals surface area contributed by atoms with Gasteiger partial charge in [-0.2, -0.15) is 13.2 Å². The highest BCUT2D eigenvalue weighted by Gasteiger charge is 2.49. The van der Waals surface area contributed by atoms with Crippen LogP contribution in [0.2, 0.25) is 5.02 Å². The molecular formula is C20H24ClF4N3O6. The molecule has 0 unspecified atom stereocenters. The molecule has 1 fully saturated rings. The maximum Gasteiger partial charge on any atom is 0.490 e. The molecule has 14 heteroatoms. The second kappa shape index (κ2) is 10.7. The van der Waals surface area contributed by atoms with Gasteiger partial charge in [-0.05, 0) is 38.3 Å². The molecule has 3 rings (SSSR count). The van der Waals surface area contributed by atoms with E-state index >= 15 is 0 Å². The van der Waals surface area contributed by atoms with Gasteiger partial charge in [-0.15, -0.1) is 0 Å². The van der Waals surface area contributed by atoms with Gasteiger partial charge in [0.1, 0.15) is 0 Å². The molecule has 0 bridgehead atoms. The number of hydrogen-bond acceptors (Lipinski definition) is 6. The van der Waals surface area contributed by atoms with E-state index in [0.717, 1.165) is 0 Å². The van der Waals surface area contributed by atoms with Crippen LogP contribution in [0.25, 0.3) is 0 Å². The number of methoxy groups -OCH3 is 1. The van der Waals surface area contributed by atoms with Gasteiger partial charge in [-0.25, -0.2) is 14.0 Å². The van der Waals surface area contributed by atoms with Gasteiger partial charge < -0.3 is 25.2 Å². The van der Waals surface area contributed by atoms with Crippen LogP contribution in [0.15, 0.2) is 12.1 Å². The molecule has 2 aliphatic rings. The first-order chi connectivity index (χ1) is 15.7. The molecule has 2 amide bonds. The van der Waals surface area contributed by atoms with E-state index in [1.807, 2.05) is 6.92 Å². The zero-order chi connectivity index (χ0) is 25.8. The minimum Gasteiger partial charge on any atom is -0.475 e. The van der Waals surface area contributed by atoms with E-state index in [9.17, 15) is 27.2 Å². The molecule has 1 aromatic carbocycles. The lowest BCUT2D eigenvalue weighted by atomic mass is 9.83. The number of halogens is 5. The smallest absolute Gasteiger partial charge is 0.475 e. The highest BCUT2D eigenvalue weighted by Crippen LogP contribution is 2.45. The second-order valence-electron chi connectivity index (χ2n) is 7.85. The fourth-order valence-electron chi connectivity index (χ4n) is 3.75. The summed E-state index contributed by atoms with van der Waals surface area (Å²) in [7, 11) is 1.55. The number of nitrogens with one attached hydrogen (secondary N) is 1.